The van der Waals surface area contributed by atoms with Crippen molar-refractivity contribution in [3.8, 4) is 0 Å². The van der Waals surface area contributed by atoms with Gasteiger partial charge in [0.05, 0.1) is 0 Å². The standard InChI is InChI=1S/C14H20BrN3O/c1-3-18(4-2)8-7-16-13-11-9-10(15)5-6-12(11)17-14(13)19/h5-6,9,13,16H,3-4,7-8H2,1-2H3,(H,17,19). The van der Waals surface area contributed by atoms with Crippen molar-refractivity contribution in [3.05, 3.63) is 28.2 Å². The Hall–Kier alpha value is -0.910. The number of carbonyl (C=O) groups is 1. The number of carbonyl (C=O) groups excluding carboxylic acids is 1. The molecule has 2 rings (SSSR count). The quantitative estimate of drug-likeness (QED) is 0.844. The molecule has 1 aliphatic rings. The van der Waals surface area contributed by atoms with Crippen LogP contribution in [-0.4, -0.2) is 37.0 Å². The SMILES string of the molecule is CCN(CC)CCNC1C(=O)Nc2ccc(Br)cc21. The number of likely N-dealkylation sites (N-methyl/N-ethyl adjacent to an activating group) is 1. The lowest BCUT2D eigenvalue weighted by molar-refractivity contribution is -0.117. The number of fused-ring (bicyclic) bond motifs is 1. The zero-order valence-electron chi connectivity index (χ0n) is 11.4. The topological polar surface area (TPSA) is 44.4 Å². The Morgan fingerprint density at radius 1 is 1.37 bits per heavy atom. The van der Waals surface area contributed by atoms with E-state index in [0.717, 1.165) is 41.9 Å². The van der Waals surface area contributed by atoms with Crippen molar-refractivity contribution in [2.75, 3.05) is 31.5 Å². The van der Waals surface area contributed by atoms with E-state index in [1.54, 1.807) is 0 Å². The van der Waals surface area contributed by atoms with Crippen LogP contribution in [0.3, 0.4) is 0 Å². The molecule has 0 spiro atoms. The first-order chi connectivity index (χ1) is 9.15. The van der Waals surface area contributed by atoms with Crippen molar-refractivity contribution >= 4 is 27.5 Å². The summed E-state index contributed by atoms with van der Waals surface area (Å²) in [6.07, 6.45) is 0. The summed E-state index contributed by atoms with van der Waals surface area (Å²) in [5, 5.41) is 6.24. The van der Waals surface area contributed by atoms with Crippen molar-refractivity contribution in [1.29, 1.82) is 0 Å². The third-order valence-electron chi connectivity index (χ3n) is 3.52. The molecule has 0 saturated carbocycles. The molecule has 1 amide bonds. The maximum absolute atomic E-state index is 12.0. The lowest BCUT2D eigenvalue weighted by Crippen LogP contribution is -2.35. The van der Waals surface area contributed by atoms with Crippen LogP contribution < -0.4 is 10.6 Å². The summed E-state index contributed by atoms with van der Waals surface area (Å²) in [6, 6.07) is 5.64. The molecule has 0 aromatic heterocycles. The molecule has 4 nitrogen and oxygen atoms in total. The van der Waals surface area contributed by atoms with E-state index in [1.807, 2.05) is 18.2 Å². The fraction of sp³-hybridized carbons (Fsp3) is 0.500. The summed E-state index contributed by atoms with van der Waals surface area (Å²) in [5.74, 6) is 0.0349. The second kappa shape index (κ2) is 6.50. The average molecular weight is 326 g/mol. The molecule has 1 aromatic rings. The number of halogens is 1. The molecule has 104 valence electrons. The molecule has 1 atom stereocenters. The molecule has 0 fully saturated rings. The smallest absolute Gasteiger partial charge is 0.246 e. The zero-order chi connectivity index (χ0) is 13.8. The summed E-state index contributed by atoms with van der Waals surface area (Å²) in [5.41, 5.74) is 1.94. The Labute approximate surface area is 122 Å². The van der Waals surface area contributed by atoms with E-state index in [0.29, 0.717) is 0 Å². The minimum atomic E-state index is -0.233. The van der Waals surface area contributed by atoms with Gasteiger partial charge >= 0.3 is 0 Å². The number of rotatable bonds is 6. The maximum Gasteiger partial charge on any atom is 0.246 e. The van der Waals surface area contributed by atoms with Crippen LogP contribution in [0.4, 0.5) is 5.69 Å². The van der Waals surface area contributed by atoms with Gasteiger partial charge in [-0.15, -0.1) is 0 Å². The van der Waals surface area contributed by atoms with Crippen LogP contribution in [0.1, 0.15) is 25.5 Å². The summed E-state index contributed by atoms with van der Waals surface area (Å²) < 4.78 is 0.998. The Balaban J connectivity index is 1.98. The molecule has 2 N–H and O–H groups in total. The molecule has 5 heteroatoms. The van der Waals surface area contributed by atoms with Crippen molar-refractivity contribution in [2.45, 2.75) is 19.9 Å². The predicted molar refractivity (Wildman–Crippen MR) is 81.3 cm³/mol. The molecule has 0 aliphatic carbocycles. The molecule has 1 aliphatic heterocycles. The molecule has 0 radical (unpaired) electrons. The highest BCUT2D eigenvalue weighted by Crippen LogP contribution is 2.32. The van der Waals surface area contributed by atoms with E-state index in [9.17, 15) is 4.79 Å². The Morgan fingerprint density at radius 2 is 2.11 bits per heavy atom. The van der Waals surface area contributed by atoms with Crippen molar-refractivity contribution in [2.24, 2.45) is 0 Å². The predicted octanol–water partition coefficient (Wildman–Crippen LogP) is 2.37. The normalized spacial score (nSPS) is 17.7. The van der Waals surface area contributed by atoms with E-state index in [1.165, 1.54) is 0 Å². The number of hydrogen-bond acceptors (Lipinski definition) is 3. The molecule has 1 aromatic carbocycles. The van der Waals surface area contributed by atoms with E-state index >= 15 is 0 Å². The number of anilines is 1. The van der Waals surface area contributed by atoms with Crippen LogP contribution in [0.15, 0.2) is 22.7 Å². The largest absolute Gasteiger partial charge is 0.324 e. The first-order valence-electron chi connectivity index (χ1n) is 6.71. The lowest BCUT2D eigenvalue weighted by atomic mass is 10.1. The van der Waals surface area contributed by atoms with Gasteiger partial charge in [0.2, 0.25) is 5.91 Å². The molecular formula is C14H20BrN3O. The van der Waals surface area contributed by atoms with E-state index in [2.05, 4.69) is 45.3 Å². The van der Waals surface area contributed by atoms with Crippen LogP contribution in [0.25, 0.3) is 0 Å². The average Bonchev–Trinajstić information content (AvgIpc) is 2.71. The number of hydrogen-bond donors (Lipinski definition) is 2. The monoisotopic (exact) mass is 325 g/mol. The Bertz CT molecular complexity index is 460. The minimum absolute atomic E-state index is 0.0349. The highest BCUT2D eigenvalue weighted by Gasteiger charge is 2.29. The second-order valence-electron chi connectivity index (χ2n) is 4.63. The maximum atomic E-state index is 12.0. The van der Waals surface area contributed by atoms with Gasteiger partial charge in [0, 0.05) is 28.8 Å². The Kier molecular flexibility index (Phi) is 4.96. The molecule has 1 unspecified atom stereocenters. The van der Waals surface area contributed by atoms with Crippen LogP contribution in [0.2, 0.25) is 0 Å². The number of benzene rings is 1. The summed E-state index contributed by atoms with van der Waals surface area (Å²) in [6.45, 7) is 8.15. The van der Waals surface area contributed by atoms with Gasteiger partial charge in [0.1, 0.15) is 6.04 Å². The van der Waals surface area contributed by atoms with Gasteiger partial charge in [-0.1, -0.05) is 29.8 Å². The Morgan fingerprint density at radius 3 is 2.79 bits per heavy atom. The highest BCUT2D eigenvalue weighted by molar-refractivity contribution is 9.10. The first kappa shape index (κ1) is 14.5. The molecule has 19 heavy (non-hydrogen) atoms. The number of nitrogens with one attached hydrogen (secondary N) is 2. The zero-order valence-corrected chi connectivity index (χ0v) is 13.0. The van der Waals surface area contributed by atoms with Gasteiger partial charge in [-0.2, -0.15) is 0 Å². The first-order valence-corrected chi connectivity index (χ1v) is 7.51. The summed E-state index contributed by atoms with van der Waals surface area (Å²) in [7, 11) is 0. The third kappa shape index (κ3) is 3.35. The lowest BCUT2D eigenvalue weighted by Gasteiger charge is -2.19. The fourth-order valence-electron chi connectivity index (χ4n) is 2.34. The van der Waals surface area contributed by atoms with Crippen LogP contribution in [0, 0.1) is 0 Å². The van der Waals surface area contributed by atoms with Gasteiger partial charge in [0.25, 0.3) is 0 Å². The van der Waals surface area contributed by atoms with E-state index in [-0.39, 0.29) is 11.9 Å². The van der Waals surface area contributed by atoms with Gasteiger partial charge in [-0.05, 0) is 31.3 Å². The third-order valence-corrected chi connectivity index (χ3v) is 4.01. The highest BCUT2D eigenvalue weighted by atomic mass is 79.9. The molecule has 0 bridgehead atoms. The van der Waals surface area contributed by atoms with Gasteiger partial charge < -0.3 is 15.5 Å². The van der Waals surface area contributed by atoms with Crippen molar-refractivity contribution in [1.82, 2.24) is 10.2 Å². The molecule has 0 saturated heterocycles. The summed E-state index contributed by atoms with van der Waals surface area (Å²) >= 11 is 3.45. The fourth-order valence-corrected chi connectivity index (χ4v) is 2.72. The number of amides is 1. The van der Waals surface area contributed by atoms with Gasteiger partial charge in [-0.3, -0.25) is 4.79 Å². The van der Waals surface area contributed by atoms with Crippen LogP contribution in [-0.2, 0) is 4.79 Å². The van der Waals surface area contributed by atoms with E-state index in [4.69, 9.17) is 0 Å². The van der Waals surface area contributed by atoms with Crippen molar-refractivity contribution < 1.29 is 4.79 Å². The van der Waals surface area contributed by atoms with Crippen LogP contribution >= 0.6 is 15.9 Å². The van der Waals surface area contributed by atoms with Crippen molar-refractivity contribution in [3.63, 3.8) is 0 Å². The summed E-state index contributed by atoms with van der Waals surface area (Å²) in [4.78, 5) is 14.3. The van der Waals surface area contributed by atoms with Gasteiger partial charge in [0.15, 0.2) is 0 Å². The number of nitrogens with zero attached hydrogens (tertiary/aromatic N) is 1. The van der Waals surface area contributed by atoms with E-state index < -0.39 is 0 Å². The minimum Gasteiger partial charge on any atom is -0.324 e. The second-order valence-corrected chi connectivity index (χ2v) is 5.55. The molecule has 1 heterocycles. The van der Waals surface area contributed by atoms with Gasteiger partial charge in [-0.25, -0.2) is 0 Å². The molecular weight excluding hydrogens is 306 g/mol. The van der Waals surface area contributed by atoms with Crippen LogP contribution in [0.5, 0.6) is 0 Å².